The molecule has 1 aliphatic rings. The van der Waals surface area contributed by atoms with E-state index in [4.69, 9.17) is 0 Å². The molecular formula is C14H19FN6O. The number of anilines is 1. The van der Waals surface area contributed by atoms with Crippen LogP contribution in [0.4, 0.5) is 10.2 Å². The number of nitrogens with zero attached hydrogens (tertiary/aromatic N) is 5. The number of halogens is 1. The normalized spacial score (nSPS) is 17.7. The van der Waals surface area contributed by atoms with Crippen molar-refractivity contribution in [3.8, 4) is 0 Å². The average Bonchev–Trinajstić information content (AvgIpc) is 2.88. The maximum absolute atomic E-state index is 14.6. The SMILES string of the molecule is CC(=O)NCC1(F)CCN(c2ncnc3c2cnn3C)CC1. The minimum Gasteiger partial charge on any atom is -0.356 e. The molecule has 0 bridgehead atoms. The molecule has 1 fully saturated rings. The van der Waals surface area contributed by atoms with Gasteiger partial charge in [0, 0.05) is 39.9 Å². The molecule has 0 radical (unpaired) electrons. The fourth-order valence-corrected chi connectivity index (χ4v) is 2.78. The van der Waals surface area contributed by atoms with E-state index in [2.05, 4.69) is 25.3 Å². The summed E-state index contributed by atoms with van der Waals surface area (Å²) < 4.78 is 16.3. The molecule has 0 spiro atoms. The van der Waals surface area contributed by atoms with Crippen molar-refractivity contribution < 1.29 is 9.18 Å². The Bertz CT molecular complexity index is 692. The van der Waals surface area contributed by atoms with Crippen LogP contribution in [-0.2, 0) is 11.8 Å². The maximum Gasteiger partial charge on any atom is 0.216 e. The minimum atomic E-state index is -1.34. The van der Waals surface area contributed by atoms with E-state index in [0.717, 1.165) is 16.9 Å². The van der Waals surface area contributed by atoms with Gasteiger partial charge in [0.25, 0.3) is 0 Å². The van der Waals surface area contributed by atoms with Crippen molar-refractivity contribution in [2.75, 3.05) is 24.5 Å². The first-order valence-electron chi connectivity index (χ1n) is 7.29. The predicted molar refractivity (Wildman–Crippen MR) is 80.3 cm³/mol. The molecule has 118 valence electrons. The Kier molecular flexibility index (Phi) is 3.67. The number of amides is 1. The number of piperidine rings is 1. The van der Waals surface area contributed by atoms with Crippen molar-refractivity contribution in [2.45, 2.75) is 25.4 Å². The summed E-state index contributed by atoms with van der Waals surface area (Å²) >= 11 is 0. The monoisotopic (exact) mass is 306 g/mol. The summed E-state index contributed by atoms with van der Waals surface area (Å²) in [6.45, 7) is 2.58. The fraction of sp³-hybridized carbons (Fsp3) is 0.571. The molecule has 0 unspecified atom stereocenters. The quantitative estimate of drug-likeness (QED) is 0.908. The molecule has 1 amide bonds. The molecule has 0 aliphatic carbocycles. The number of fused-ring (bicyclic) bond motifs is 1. The second kappa shape index (κ2) is 5.51. The predicted octanol–water partition coefficient (Wildman–Crippen LogP) is 0.808. The third-order valence-corrected chi connectivity index (χ3v) is 4.12. The Labute approximate surface area is 127 Å². The number of alkyl halides is 1. The van der Waals surface area contributed by atoms with Crippen molar-refractivity contribution in [3.05, 3.63) is 12.5 Å². The van der Waals surface area contributed by atoms with Crippen molar-refractivity contribution in [1.29, 1.82) is 0 Å². The van der Waals surface area contributed by atoms with E-state index in [9.17, 15) is 9.18 Å². The largest absolute Gasteiger partial charge is 0.356 e. The average molecular weight is 306 g/mol. The zero-order chi connectivity index (χ0) is 15.7. The maximum atomic E-state index is 14.6. The lowest BCUT2D eigenvalue weighted by molar-refractivity contribution is -0.119. The molecule has 7 nitrogen and oxygen atoms in total. The lowest BCUT2D eigenvalue weighted by atomic mass is 9.93. The Hall–Kier alpha value is -2.25. The number of rotatable bonds is 3. The zero-order valence-corrected chi connectivity index (χ0v) is 12.7. The van der Waals surface area contributed by atoms with E-state index in [1.54, 1.807) is 10.9 Å². The molecule has 0 aromatic carbocycles. The van der Waals surface area contributed by atoms with Crippen LogP contribution >= 0.6 is 0 Å². The molecule has 3 heterocycles. The van der Waals surface area contributed by atoms with Gasteiger partial charge in [0.1, 0.15) is 17.8 Å². The molecular weight excluding hydrogens is 287 g/mol. The molecule has 2 aromatic rings. The summed E-state index contributed by atoms with van der Waals surface area (Å²) in [4.78, 5) is 21.6. The van der Waals surface area contributed by atoms with E-state index in [1.807, 2.05) is 7.05 Å². The highest BCUT2D eigenvalue weighted by atomic mass is 19.1. The van der Waals surface area contributed by atoms with Crippen LogP contribution in [0.25, 0.3) is 11.0 Å². The van der Waals surface area contributed by atoms with Gasteiger partial charge in [0.2, 0.25) is 5.91 Å². The Balaban J connectivity index is 1.74. The van der Waals surface area contributed by atoms with Gasteiger partial charge in [-0.05, 0) is 0 Å². The highest BCUT2D eigenvalue weighted by Gasteiger charge is 2.35. The van der Waals surface area contributed by atoms with E-state index >= 15 is 0 Å². The van der Waals surface area contributed by atoms with Crippen LogP contribution in [0, 0.1) is 0 Å². The third-order valence-electron chi connectivity index (χ3n) is 4.12. The smallest absolute Gasteiger partial charge is 0.216 e. The van der Waals surface area contributed by atoms with E-state index in [0.29, 0.717) is 25.9 Å². The van der Waals surface area contributed by atoms with Gasteiger partial charge in [0.05, 0.1) is 18.1 Å². The minimum absolute atomic E-state index is 0.0717. The lowest BCUT2D eigenvalue weighted by Crippen LogP contribution is -2.48. The molecule has 0 saturated carbocycles. The van der Waals surface area contributed by atoms with Gasteiger partial charge < -0.3 is 10.2 Å². The van der Waals surface area contributed by atoms with Crippen molar-refractivity contribution in [2.24, 2.45) is 7.05 Å². The van der Waals surface area contributed by atoms with Crippen LogP contribution in [-0.4, -0.2) is 51.0 Å². The van der Waals surface area contributed by atoms with Crippen LogP contribution in [0.5, 0.6) is 0 Å². The second-order valence-electron chi connectivity index (χ2n) is 5.75. The number of nitrogens with one attached hydrogen (secondary N) is 1. The number of carbonyl (C=O) groups is 1. The highest BCUT2D eigenvalue weighted by Crippen LogP contribution is 2.30. The van der Waals surface area contributed by atoms with Gasteiger partial charge >= 0.3 is 0 Å². The summed E-state index contributed by atoms with van der Waals surface area (Å²) in [5, 5.41) is 7.64. The van der Waals surface area contributed by atoms with E-state index in [-0.39, 0.29) is 12.5 Å². The first kappa shape index (κ1) is 14.7. The third kappa shape index (κ3) is 2.72. The fourth-order valence-electron chi connectivity index (χ4n) is 2.78. The molecule has 2 aromatic heterocycles. The first-order valence-corrected chi connectivity index (χ1v) is 7.29. The van der Waals surface area contributed by atoms with E-state index < -0.39 is 5.67 Å². The van der Waals surface area contributed by atoms with Gasteiger partial charge in [-0.15, -0.1) is 0 Å². The number of hydrogen-bond acceptors (Lipinski definition) is 5. The van der Waals surface area contributed by atoms with Crippen LogP contribution in [0.1, 0.15) is 19.8 Å². The van der Waals surface area contributed by atoms with Crippen LogP contribution in [0.3, 0.4) is 0 Å². The van der Waals surface area contributed by atoms with Gasteiger partial charge in [-0.1, -0.05) is 0 Å². The molecule has 1 N–H and O–H groups in total. The van der Waals surface area contributed by atoms with Gasteiger partial charge in [-0.3, -0.25) is 9.48 Å². The Morgan fingerprint density at radius 1 is 1.41 bits per heavy atom. The molecule has 22 heavy (non-hydrogen) atoms. The molecule has 0 atom stereocenters. The lowest BCUT2D eigenvalue weighted by Gasteiger charge is -2.37. The highest BCUT2D eigenvalue weighted by molar-refractivity contribution is 5.86. The van der Waals surface area contributed by atoms with Gasteiger partial charge in [-0.25, -0.2) is 14.4 Å². The van der Waals surface area contributed by atoms with Crippen molar-refractivity contribution >= 4 is 22.8 Å². The molecule has 3 rings (SSSR count). The van der Waals surface area contributed by atoms with Crippen LogP contribution < -0.4 is 10.2 Å². The number of hydrogen-bond donors (Lipinski definition) is 1. The van der Waals surface area contributed by atoms with Crippen molar-refractivity contribution in [3.63, 3.8) is 0 Å². The summed E-state index contributed by atoms with van der Waals surface area (Å²) in [5.41, 5.74) is -0.580. The Morgan fingerprint density at radius 3 is 2.82 bits per heavy atom. The standard InChI is InChI=1S/C14H19FN6O/c1-10(22)16-8-14(15)3-5-21(6-4-14)13-11-7-19-20(2)12(11)17-9-18-13/h7,9H,3-6,8H2,1-2H3,(H,16,22). The Morgan fingerprint density at radius 2 is 2.14 bits per heavy atom. The summed E-state index contributed by atoms with van der Waals surface area (Å²) in [7, 11) is 1.83. The summed E-state index contributed by atoms with van der Waals surface area (Å²) in [5.74, 6) is 0.590. The topological polar surface area (TPSA) is 75.9 Å². The molecule has 8 heteroatoms. The summed E-state index contributed by atoms with van der Waals surface area (Å²) in [6.07, 6.45) is 3.96. The first-order chi connectivity index (χ1) is 10.5. The zero-order valence-electron chi connectivity index (χ0n) is 12.7. The van der Waals surface area contributed by atoms with Crippen LogP contribution in [0.15, 0.2) is 12.5 Å². The van der Waals surface area contributed by atoms with Gasteiger partial charge in [0.15, 0.2) is 5.65 Å². The molecule has 1 aliphatic heterocycles. The second-order valence-corrected chi connectivity index (χ2v) is 5.75. The van der Waals surface area contributed by atoms with Gasteiger partial charge in [-0.2, -0.15) is 5.10 Å². The number of aryl methyl sites for hydroxylation is 1. The summed E-state index contributed by atoms with van der Waals surface area (Å²) in [6, 6.07) is 0. The van der Waals surface area contributed by atoms with Crippen LogP contribution in [0.2, 0.25) is 0 Å². The van der Waals surface area contributed by atoms with E-state index in [1.165, 1.54) is 13.3 Å². The van der Waals surface area contributed by atoms with Crippen molar-refractivity contribution in [1.82, 2.24) is 25.1 Å². The number of aromatic nitrogens is 4. The molecule has 1 saturated heterocycles. The number of carbonyl (C=O) groups excluding carboxylic acids is 1.